The maximum Gasteiger partial charge on any atom is 0.340 e. The third kappa shape index (κ3) is 2.13. The van der Waals surface area contributed by atoms with Crippen LogP contribution in [0.3, 0.4) is 0 Å². The van der Waals surface area contributed by atoms with Crippen molar-refractivity contribution in [3.63, 3.8) is 0 Å². The Labute approximate surface area is 129 Å². The fourth-order valence-electron chi connectivity index (χ4n) is 2.40. The SMILES string of the molecule is COC(=O)c1cc(N2C(=O)c3ccccc3C2=O)c(O)cc1F. The summed E-state index contributed by atoms with van der Waals surface area (Å²) in [6, 6.07) is 7.70. The molecule has 2 aromatic rings. The molecule has 1 aliphatic rings. The molecule has 1 heterocycles. The van der Waals surface area contributed by atoms with Gasteiger partial charge in [-0.2, -0.15) is 0 Å². The molecule has 0 unspecified atom stereocenters. The first-order chi connectivity index (χ1) is 11.0. The predicted octanol–water partition coefficient (Wildman–Crippen LogP) is 2.12. The zero-order valence-corrected chi connectivity index (χ0v) is 11.9. The van der Waals surface area contributed by atoms with Gasteiger partial charge >= 0.3 is 5.97 Å². The molecular weight excluding hydrogens is 305 g/mol. The second-order valence-corrected chi connectivity index (χ2v) is 4.80. The van der Waals surface area contributed by atoms with Crippen molar-refractivity contribution in [2.45, 2.75) is 0 Å². The van der Waals surface area contributed by atoms with Crippen molar-refractivity contribution < 1.29 is 28.6 Å². The Kier molecular flexibility index (Phi) is 3.33. The monoisotopic (exact) mass is 315 g/mol. The molecule has 0 saturated heterocycles. The van der Waals surface area contributed by atoms with Crippen LogP contribution < -0.4 is 4.90 Å². The van der Waals surface area contributed by atoms with E-state index in [2.05, 4.69) is 4.74 Å². The predicted molar refractivity (Wildman–Crippen MR) is 77.0 cm³/mol. The van der Waals surface area contributed by atoms with Crippen molar-refractivity contribution in [3.8, 4) is 5.75 Å². The highest BCUT2D eigenvalue weighted by Crippen LogP contribution is 2.36. The summed E-state index contributed by atoms with van der Waals surface area (Å²) in [7, 11) is 1.07. The van der Waals surface area contributed by atoms with Crippen LogP contribution in [-0.2, 0) is 4.74 Å². The number of benzene rings is 2. The number of hydrogen-bond acceptors (Lipinski definition) is 5. The van der Waals surface area contributed by atoms with Crippen LogP contribution in [0.25, 0.3) is 0 Å². The Balaban J connectivity index is 2.15. The minimum absolute atomic E-state index is 0.167. The van der Waals surface area contributed by atoms with E-state index in [-0.39, 0.29) is 16.8 Å². The number of fused-ring (bicyclic) bond motifs is 1. The summed E-state index contributed by atoms with van der Waals surface area (Å²) in [6.45, 7) is 0. The molecule has 7 heteroatoms. The normalized spacial score (nSPS) is 13.2. The first-order valence-electron chi connectivity index (χ1n) is 6.54. The average Bonchev–Trinajstić information content (AvgIpc) is 2.79. The molecule has 0 fully saturated rings. The highest BCUT2D eigenvalue weighted by molar-refractivity contribution is 6.34. The van der Waals surface area contributed by atoms with Crippen molar-refractivity contribution in [1.82, 2.24) is 0 Å². The zero-order chi connectivity index (χ0) is 16.7. The third-order valence-electron chi connectivity index (χ3n) is 3.50. The molecule has 0 saturated carbocycles. The lowest BCUT2D eigenvalue weighted by Gasteiger charge is -2.16. The maximum atomic E-state index is 13.8. The van der Waals surface area contributed by atoms with Crippen LogP contribution in [0.15, 0.2) is 36.4 Å². The number of rotatable bonds is 2. The number of aromatic hydroxyl groups is 1. The highest BCUT2D eigenvalue weighted by atomic mass is 19.1. The van der Waals surface area contributed by atoms with Gasteiger partial charge in [0.05, 0.1) is 29.5 Å². The smallest absolute Gasteiger partial charge is 0.340 e. The van der Waals surface area contributed by atoms with Gasteiger partial charge in [-0.3, -0.25) is 9.59 Å². The average molecular weight is 315 g/mol. The number of imide groups is 1. The molecule has 2 amide bonds. The van der Waals surface area contributed by atoms with Gasteiger partial charge in [-0.25, -0.2) is 14.1 Å². The summed E-state index contributed by atoms with van der Waals surface area (Å²) in [4.78, 5) is 37.0. The van der Waals surface area contributed by atoms with E-state index in [9.17, 15) is 23.9 Å². The summed E-state index contributed by atoms with van der Waals surface area (Å²) in [5, 5.41) is 9.91. The van der Waals surface area contributed by atoms with Crippen molar-refractivity contribution in [2.75, 3.05) is 12.0 Å². The van der Waals surface area contributed by atoms with Crippen molar-refractivity contribution in [1.29, 1.82) is 0 Å². The van der Waals surface area contributed by atoms with E-state index in [0.29, 0.717) is 11.0 Å². The largest absolute Gasteiger partial charge is 0.506 e. The lowest BCUT2D eigenvalue weighted by molar-refractivity contribution is 0.0594. The fraction of sp³-hybridized carbons (Fsp3) is 0.0625. The van der Waals surface area contributed by atoms with Crippen LogP contribution in [0.1, 0.15) is 31.1 Å². The van der Waals surface area contributed by atoms with E-state index in [1.54, 1.807) is 12.1 Å². The lowest BCUT2D eigenvalue weighted by atomic mass is 10.1. The number of phenolic OH excluding ortho intramolecular Hbond substituents is 1. The van der Waals surface area contributed by atoms with Gasteiger partial charge in [0.1, 0.15) is 11.6 Å². The summed E-state index contributed by atoms with van der Waals surface area (Å²) in [6.07, 6.45) is 0. The molecule has 0 spiro atoms. The second-order valence-electron chi connectivity index (χ2n) is 4.80. The summed E-state index contributed by atoms with van der Waals surface area (Å²) < 4.78 is 18.2. The molecule has 0 radical (unpaired) electrons. The standard InChI is InChI=1S/C16H10FNO5/c1-23-16(22)10-6-12(13(19)7-11(10)17)18-14(20)8-4-2-3-5-9(8)15(18)21/h2-7,19H,1H3. The quantitative estimate of drug-likeness (QED) is 0.678. The van der Waals surface area contributed by atoms with E-state index in [4.69, 9.17) is 0 Å². The molecular formula is C16H10FNO5. The molecule has 6 nitrogen and oxygen atoms in total. The third-order valence-corrected chi connectivity index (χ3v) is 3.50. The topological polar surface area (TPSA) is 83.9 Å². The first-order valence-corrected chi connectivity index (χ1v) is 6.54. The number of esters is 1. The van der Waals surface area contributed by atoms with E-state index in [1.807, 2.05) is 0 Å². The van der Waals surface area contributed by atoms with Gasteiger partial charge in [-0.15, -0.1) is 0 Å². The van der Waals surface area contributed by atoms with Crippen LogP contribution in [0, 0.1) is 5.82 Å². The van der Waals surface area contributed by atoms with Crippen molar-refractivity contribution in [2.24, 2.45) is 0 Å². The van der Waals surface area contributed by atoms with Gasteiger partial charge in [0.2, 0.25) is 0 Å². The second kappa shape index (κ2) is 5.20. The minimum Gasteiger partial charge on any atom is -0.506 e. The number of phenols is 1. The Morgan fingerprint density at radius 3 is 2.22 bits per heavy atom. The number of carbonyl (C=O) groups excluding carboxylic acids is 3. The zero-order valence-electron chi connectivity index (χ0n) is 11.9. The lowest BCUT2D eigenvalue weighted by Crippen LogP contribution is -2.29. The Bertz CT molecular complexity index is 827. The fourth-order valence-corrected chi connectivity index (χ4v) is 2.40. The highest BCUT2D eigenvalue weighted by Gasteiger charge is 2.38. The summed E-state index contributed by atoms with van der Waals surface area (Å²) >= 11 is 0. The van der Waals surface area contributed by atoms with Crippen LogP contribution in [0.5, 0.6) is 5.75 Å². The van der Waals surface area contributed by atoms with Gasteiger partial charge < -0.3 is 9.84 Å². The van der Waals surface area contributed by atoms with E-state index < -0.39 is 34.9 Å². The number of hydrogen-bond donors (Lipinski definition) is 1. The number of ether oxygens (including phenoxy) is 1. The number of anilines is 1. The minimum atomic E-state index is -1.02. The molecule has 1 aliphatic heterocycles. The number of amides is 2. The molecule has 116 valence electrons. The molecule has 0 bridgehead atoms. The van der Waals surface area contributed by atoms with Gasteiger partial charge in [0.25, 0.3) is 11.8 Å². The molecule has 3 rings (SSSR count). The molecule has 0 aliphatic carbocycles. The number of nitrogens with zero attached hydrogens (tertiary/aromatic N) is 1. The molecule has 0 aromatic heterocycles. The number of methoxy groups -OCH3 is 1. The molecule has 23 heavy (non-hydrogen) atoms. The van der Waals surface area contributed by atoms with Crippen LogP contribution in [-0.4, -0.2) is 30.0 Å². The maximum absolute atomic E-state index is 13.8. The van der Waals surface area contributed by atoms with Crippen molar-refractivity contribution in [3.05, 3.63) is 58.9 Å². The van der Waals surface area contributed by atoms with Gasteiger partial charge in [0.15, 0.2) is 0 Å². The van der Waals surface area contributed by atoms with E-state index in [0.717, 1.165) is 13.2 Å². The van der Waals surface area contributed by atoms with Crippen LogP contribution in [0.2, 0.25) is 0 Å². The number of halogens is 1. The number of carbonyl (C=O) groups is 3. The summed E-state index contributed by atoms with van der Waals surface area (Å²) in [5.74, 6) is -3.97. The first kappa shape index (κ1) is 14.7. The molecule has 1 N–H and O–H groups in total. The Hall–Kier alpha value is -3.22. The van der Waals surface area contributed by atoms with Gasteiger partial charge in [-0.05, 0) is 18.2 Å². The Morgan fingerprint density at radius 1 is 1.13 bits per heavy atom. The Morgan fingerprint density at radius 2 is 1.70 bits per heavy atom. The summed E-state index contributed by atoms with van der Waals surface area (Å²) in [5.41, 5.74) is -0.434. The van der Waals surface area contributed by atoms with Crippen LogP contribution >= 0.6 is 0 Å². The molecule has 2 aromatic carbocycles. The van der Waals surface area contributed by atoms with E-state index in [1.165, 1.54) is 12.1 Å². The van der Waals surface area contributed by atoms with Gasteiger partial charge in [-0.1, -0.05) is 12.1 Å². The van der Waals surface area contributed by atoms with E-state index >= 15 is 0 Å². The molecule has 0 atom stereocenters. The van der Waals surface area contributed by atoms with Crippen molar-refractivity contribution >= 4 is 23.5 Å². The van der Waals surface area contributed by atoms with Crippen LogP contribution in [0.4, 0.5) is 10.1 Å². The van der Waals surface area contributed by atoms with Gasteiger partial charge in [0, 0.05) is 6.07 Å².